The van der Waals surface area contributed by atoms with Gasteiger partial charge < -0.3 is 10.3 Å². The Morgan fingerprint density at radius 1 is 1.09 bits per heavy atom. The predicted octanol–water partition coefficient (Wildman–Crippen LogP) is 4.68. The van der Waals surface area contributed by atoms with Gasteiger partial charge in [-0.15, -0.1) is 0 Å². The molecule has 166 valence electrons. The molecule has 3 N–H and O–H groups in total. The van der Waals surface area contributed by atoms with Crippen molar-refractivity contribution in [3.8, 4) is 11.1 Å². The minimum absolute atomic E-state index is 0.154. The Bertz CT molecular complexity index is 1260. The number of nitrogens with zero attached hydrogens (tertiary/aromatic N) is 1. The fourth-order valence-electron chi connectivity index (χ4n) is 3.06. The van der Waals surface area contributed by atoms with E-state index in [0.29, 0.717) is 5.56 Å². The number of benzene rings is 2. The SMILES string of the molecule is CCNC(=O)c1cc(=O)c2cc(-c3cn[nH]c3)cc(C(F)(F)F)c2[nH]1.Cc1ccccc1. The van der Waals surface area contributed by atoms with Crippen LogP contribution in [0.2, 0.25) is 0 Å². The standard InChI is InChI=1S/C16H13F3N4O2.C7H8/c1-2-20-15(25)12-5-13(24)10-3-8(9-6-21-22-7-9)4-11(14(10)23-12)16(17,18)19;1-7-5-3-2-4-6-7/h3-7H,2H2,1H3,(H,20,25)(H,21,22)(H,23,24);2-6H,1H3. The van der Waals surface area contributed by atoms with E-state index in [1.807, 2.05) is 18.2 Å². The molecule has 0 atom stereocenters. The van der Waals surface area contributed by atoms with E-state index < -0.39 is 28.6 Å². The highest BCUT2D eigenvalue weighted by Gasteiger charge is 2.34. The Morgan fingerprint density at radius 2 is 1.81 bits per heavy atom. The van der Waals surface area contributed by atoms with Gasteiger partial charge in [0.2, 0.25) is 0 Å². The second kappa shape index (κ2) is 9.51. The van der Waals surface area contributed by atoms with E-state index in [4.69, 9.17) is 0 Å². The molecule has 0 bridgehead atoms. The smallest absolute Gasteiger partial charge is 0.351 e. The molecule has 0 radical (unpaired) electrons. The number of alkyl halides is 3. The summed E-state index contributed by atoms with van der Waals surface area (Å²) in [5, 5.41) is 8.51. The summed E-state index contributed by atoms with van der Waals surface area (Å²) in [6.07, 6.45) is -1.92. The van der Waals surface area contributed by atoms with Crippen molar-refractivity contribution in [2.24, 2.45) is 0 Å². The number of hydrogen-bond donors (Lipinski definition) is 3. The lowest BCUT2D eigenvalue weighted by Gasteiger charge is -2.13. The molecule has 1 amide bonds. The van der Waals surface area contributed by atoms with E-state index in [1.165, 1.54) is 24.0 Å². The summed E-state index contributed by atoms with van der Waals surface area (Å²) in [6, 6.07) is 13.5. The number of carbonyl (C=O) groups excluding carboxylic acids is 1. The first-order chi connectivity index (χ1) is 15.2. The third-order valence-corrected chi connectivity index (χ3v) is 4.60. The number of hydrogen-bond acceptors (Lipinski definition) is 3. The lowest BCUT2D eigenvalue weighted by molar-refractivity contribution is -0.136. The Balaban J connectivity index is 0.000000352. The van der Waals surface area contributed by atoms with Gasteiger partial charge in [0.05, 0.1) is 17.3 Å². The number of amides is 1. The number of pyridine rings is 1. The zero-order valence-electron chi connectivity index (χ0n) is 17.4. The van der Waals surface area contributed by atoms with Gasteiger partial charge in [0.15, 0.2) is 5.43 Å². The lowest BCUT2D eigenvalue weighted by Crippen LogP contribution is -2.25. The largest absolute Gasteiger partial charge is 0.418 e. The van der Waals surface area contributed by atoms with Crippen molar-refractivity contribution < 1.29 is 18.0 Å². The molecule has 2 heterocycles. The maximum absolute atomic E-state index is 13.5. The topological polar surface area (TPSA) is 90.6 Å². The van der Waals surface area contributed by atoms with Crippen molar-refractivity contribution in [3.63, 3.8) is 0 Å². The summed E-state index contributed by atoms with van der Waals surface area (Å²) in [6.45, 7) is 4.03. The molecule has 0 saturated heterocycles. The molecule has 0 fully saturated rings. The van der Waals surface area contributed by atoms with Gasteiger partial charge >= 0.3 is 6.18 Å². The first-order valence-electron chi connectivity index (χ1n) is 9.78. The Kier molecular flexibility index (Phi) is 6.77. The second-order valence-electron chi connectivity index (χ2n) is 6.99. The molecule has 0 aliphatic carbocycles. The molecule has 6 nitrogen and oxygen atoms in total. The molecular formula is C23H21F3N4O2. The monoisotopic (exact) mass is 442 g/mol. The van der Waals surface area contributed by atoms with Crippen molar-refractivity contribution in [1.82, 2.24) is 20.5 Å². The molecule has 9 heteroatoms. The Hall–Kier alpha value is -3.88. The molecule has 32 heavy (non-hydrogen) atoms. The van der Waals surface area contributed by atoms with Crippen molar-refractivity contribution in [3.05, 3.63) is 88.0 Å². The van der Waals surface area contributed by atoms with Gasteiger partial charge in [-0.3, -0.25) is 14.7 Å². The van der Waals surface area contributed by atoms with Crippen LogP contribution in [0.4, 0.5) is 13.2 Å². The first kappa shape index (κ1) is 22.8. The maximum atomic E-state index is 13.5. The number of halogens is 3. The summed E-state index contributed by atoms with van der Waals surface area (Å²) in [5.41, 5.74) is -0.406. The van der Waals surface area contributed by atoms with Gasteiger partial charge in [0, 0.05) is 29.8 Å². The molecular weight excluding hydrogens is 421 g/mol. The summed E-state index contributed by atoms with van der Waals surface area (Å²) in [5.74, 6) is -0.645. The van der Waals surface area contributed by atoms with Crippen molar-refractivity contribution in [1.29, 1.82) is 0 Å². The normalized spacial score (nSPS) is 11.0. The molecule has 4 aromatic rings. The maximum Gasteiger partial charge on any atom is 0.418 e. The first-order valence-corrected chi connectivity index (χ1v) is 9.78. The number of aryl methyl sites for hydroxylation is 1. The van der Waals surface area contributed by atoms with E-state index >= 15 is 0 Å². The van der Waals surface area contributed by atoms with E-state index in [-0.39, 0.29) is 23.2 Å². The van der Waals surface area contributed by atoms with E-state index in [2.05, 4.69) is 39.6 Å². The molecule has 0 aliphatic heterocycles. The van der Waals surface area contributed by atoms with Crippen LogP contribution in [0.5, 0.6) is 0 Å². The van der Waals surface area contributed by atoms with Gasteiger partial charge in [-0.05, 0) is 31.5 Å². The van der Waals surface area contributed by atoms with Crippen LogP contribution < -0.4 is 10.7 Å². The number of aromatic amines is 2. The Morgan fingerprint density at radius 3 is 2.34 bits per heavy atom. The van der Waals surface area contributed by atoms with E-state index in [0.717, 1.165) is 12.1 Å². The minimum Gasteiger partial charge on any atom is -0.351 e. The summed E-state index contributed by atoms with van der Waals surface area (Å²) < 4.78 is 40.5. The summed E-state index contributed by atoms with van der Waals surface area (Å²) in [7, 11) is 0. The van der Waals surface area contributed by atoms with E-state index in [1.54, 1.807) is 6.92 Å². The average Bonchev–Trinajstić information content (AvgIpc) is 3.28. The number of fused-ring (bicyclic) bond motifs is 1. The third kappa shape index (κ3) is 5.23. The highest BCUT2D eigenvalue weighted by molar-refractivity contribution is 5.96. The van der Waals surface area contributed by atoms with Crippen LogP contribution in [0, 0.1) is 6.92 Å². The van der Waals surface area contributed by atoms with Crippen molar-refractivity contribution >= 4 is 16.8 Å². The second-order valence-corrected chi connectivity index (χ2v) is 6.99. The summed E-state index contributed by atoms with van der Waals surface area (Å²) in [4.78, 5) is 26.6. The molecule has 0 spiro atoms. The van der Waals surface area contributed by atoms with Crippen LogP contribution in [0.25, 0.3) is 22.0 Å². The predicted molar refractivity (Wildman–Crippen MR) is 116 cm³/mol. The molecule has 2 aromatic heterocycles. The van der Waals surface area contributed by atoms with Crippen LogP contribution in [0.1, 0.15) is 28.5 Å². The zero-order chi connectivity index (χ0) is 23.3. The number of rotatable bonds is 3. The molecule has 0 aliphatic rings. The molecule has 4 rings (SSSR count). The fourth-order valence-corrected chi connectivity index (χ4v) is 3.06. The molecule has 0 saturated carbocycles. The number of H-pyrrole nitrogens is 2. The van der Waals surface area contributed by atoms with Gasteiger partial charge in [0.1, 0.15) is 5.69 Å². The number of aromatic nitrogens is 3. The van der Waals surface area contributed by atoms with Crippen LogP contribution in [0.15, 0.2) is 65.7 Å². The van der Waals surface area contributed by atoms with Crippen LogP contribution in [0.3, 0.4) is 0 Å². The van der Waals surface area contributed by atoms with Gasteiger partial charge in [-0.2, -0.15) is 18.3 Å². The third-order valence-electron chi connectivity index (χ3n) is 4.60. The van der Waals surface area contributed by atoms with Crippen molar-refractivity contribution in [2.45, 2.75) is 20.0 Å². The van der Waals surface area contributed by atoms with Crippen LogP contribution in [-0.2, 0) is 6.18 Å². The van der Waals surface area contributed by atoms with Crippen molar-refractivity contribution in [2.75, 3.05) is 6.54 Å². The zero-order valence-corrected chi connectivity index (χ0v) is 17.4. The number of carbonyl (C=O) groups is 1. The van der Waals surface area contributed by atoms with Gasteiger partial charge in [-0.25, -0.2) is 0 Å². The lowest BCUT2D eigenvalue weighted by atomic mass is 10.0. The highest BCUT2D eigenvalue weighted by Crippen LogP contribution is 2.36. The average molecular weight is 442 g/mol. The minimum atomic E-state index is -4.71. The van der Waals surface area contributed by atoms with Gasteiger partial charge in [-0.1, -0.05) is 35.9 Å². The number of nitrogens with one attached hydrogen (secondary N) is 3. The quantitative estimate of drug-likeness (QED) is 0.430. The molecule has 0 unspecified atom stereocenters. The van der Waals surface area contributed by atoms with E-state index in [9.17, 15) is 22.8 Å². The molecule has 2 aromatic carbocycles. The van der Waals surface area contributed by atoms with Gasteiger partial charge in [0.25, 0.3) is 5.91 Å². The highest BCUT2D eigenvalue weighted by atomic mass is 19.4. The summed E-state index contributed by atoms with van der Waals surface area (Å²) >= 11 is 0. The Labute approximate surface area is 181 Å². The van der Waals surface area contributed by atoms with Crippen LogP contribution >= 0.6 is 0 Å². The fraction of sp³-hybridized carbons (Fsp3) is 0.174. The van der Waals surface area contributed by atoms with Crippen LogP contribution in [-0.4, -0.2) is 27.6 Å².